The van der Waals surface area contributed by atoms with Crippen molar-refractivity contribution >= 4 is 46.4 Å². The zero-order valence-corrected chi connectivity index (χ0v) is 14.7. The number of aromatic nitrogens is 2. The molecular weight excluding hydrogens is 373 g/mol. The van der Waals surface area contributed by atoms with Crippen molar-refractivity contribution in [2.24, 2.45) is 0 Å². The molecule has 0 saturated carbocycles. The number of benzene rings is 2. The van der Waals surface area contributed by atoms with Gasteiger partial charge in [-0.2, -0.15) is 5.26 Å². The topological polar surface area (TPSA) is 90.7 Å². The molecule has 0 bridgehead atoms. The van der Waals surface area contributed by atoms with E-state index in [9.17, 15) is 4.79 Å². The highest BCUT2D eigenvalue weighted by Crippen LogP contribution is 2.26. The Bertz CT molecular complexity index is 1020. The third-order valence-electron chi connectivity index (χ3n) is 3.31. The van der Waals surface area contributed by atoms with Gasteiger partial charge in [0.05, 0.1) is 21.7 Å². The number of hydrogen-bond acceptors (Lipinski definition) is 5. The summed E-state index contributed by atoms with van der Waals surface area (Å²) in [5.74, 6) is -0.179. The van der Waals surface area contributed by atoms with Gasteiger partial charge in [-0.15, -0.1) is 0 Å². The van der Waals surface area contributed by atoms with Gasteiger partial charge in [-0.25, -0.2) is 9.97 Å². The number of anilines is 3. The van der Waals surface area contributed by atoms with Gasteiger partial charge in [-0.05, 0) is 42.5 Å². The normalized spacial score (nSPS) is 10.0. The van der Waals surface area contributed by atoms with Crippen LogP contribution in [0.15, 0.2) is 54.7 Å². The molecular formula is C18H11Cl2N5O. The lowest BCUT2D eigenvalue weighted by atomic mass is 10.2. The van der Waals surface area contributed by atoms with E-state index in [-0.39, 0.29) is 11.6 Å². The molecule has 26 heavy (non-hydrogen) atoms. The number of halogens is 2. The summed E-state index contributed by atoms with van der Waals surface area (Å²) in [7, 11) is 0. The van der Waals surface area contributed by atoms with Crippen LogP contribution in [-0.2, 0) is 0 Å². The quantitative estimate of drug-likeness (QED) is 0.683. The van der Waals surface area contributed by atoms with Crippen LogP contribution in [0.4, 0.5) is 17.3 Å². The maximum absolute atomic E-state index is 12.4. The van der Waals surface area contributed by atoms with Crippen LogP contribution in [0.1, 0.15) is 16.1 Å². The number of carbonyl (C=O) groups excluding carboxylic acids is 1. The molecule has 1 aromatic heterocycles. The number of rotatable bonds is 4. The Hall–Kier alpha value is -3.14. The molecule has 3 rings (SSSR count). The minimum atomic E-state index is -0.417. The molecule has 1 heterocycles. The maximum atomic E-state index is 12.4. The minimum absolute atomic E-state index is 0.171. The molecule has 0 aliphatic carbocycles. The van der Waals surface area contributed by atoms with E-state index >= 15 is 0 Å². The molecule has 0 radical (unpaired) electrons. The Morgan fingerprint density at radius 2 is 1.88 bits per heavy atom. The molecule has 1 amide bonds. The van der Waals surface area contributed by atoms with Gasteiger partial charge >= 0.3 is 0 Å². The van der Waals surface area contributed by atoms with E-state index < -0.39 is 5.91 Å². The summed E-state index contributed by atoms with van der Waals surface area (Å²) in [5.41, 5.74) is 1.77. The van der Waals surface area contributed by atoms with Gasteiger partial charge in [0.15, 0.2) is 0 Å². The molecule has 0 fully saturated rings. The molecule has 0 saturated heterocycles. The molecule has 128 valence electrons. The zero-order chi connectivity index (χ0) is 18.5. The van der Waals surface area contributed by atoms with Crippen LogP contribution < -0.4 is 10.6 Å². The molecule has 0 aliphatic rings. The second-order valence-electron chi connectivity index (χ2n) is 5.17. The molecule has 2 aromatic carbocycles. The van der Waals surface area contributed by atoms with Crippen molar-refractivity contribution in [1.82, 2.24) is 9.97 Å². The highest BCUT2D eigenvalue weighted by molar-refractivity contribution is 6.42. The number of nitrogens with one attached hydrogen (secondary N) is 2. The van der Waals surface area contributed by atoms with Crippen molar-refractivity contribution in [2.45, 2.75) is 0 Å². The van der Waals surface area contributed by atoms with Gasteiger partial charge in [0.1, 0.15) is 5.69 Å². The highest BCUT2D eigenvalue weighted by atomic mass is 35.5. The molecule has 6 nitrogen and oxygen atoms in total. The fourth-order valence-electron chi connectivity index (χ4n) is 2.11. The van der Waals surface area contributed by atoms with Gasteiger partial charge in [-0.1, -0.05) is 29.3 Å². The van der Waals surface area contributed by atoms with Crippen molar-refractivity contribution in [3.63, 3.8) is 0 Å². The summed E-state index contributed by atoms with van der Waals surface area (Å²) in [6, 6.07) is 15.1. The lowest BCUT2D eigenvalue weighted by Gasteiger charge is -2.08. The van der Waals surface area contributed by atoms with Gasteiger partial charge in [0.2, 0.25) is 5.95 Å². The third kappa shape index (κ3) is 4.28. The van der Waals surface area contributed by atoms with Gasteiger partial charge in [0, 0.05) is 17.6 Å². The lowest BCUT2D eigenvalue weighted by molar-refractivity contribution is 0.102. The number of amides is 1. The van der Waals surface area contributed by atoms with E-state index in [1.165, 1.54) is 12.3 Å². The molecule has 3 aromatic rings. The minimum Gasteiger partial charge on any atom is -0.324 e. The van der Waals surface area contributed by atoms with Crippen LogP contribution >= 0.6 is 23.2 Å². The van der Waals surface area contributed by atoms with Gasteiger partial charge < -0.3 is 10.6 Å². The molecule has 0 unspecified atom stereocenters. The van der Waals surface area contributed by atoms with Crippen molar-refractivity contribution in [2.75, 3.05) is 10.6 Å². The molecule has 8 heteroatoms. The Kier molecular flexibility index (Phi) is 5.32. The van der Waals surface area contributed by atoms with Crippen LogP contribution in [0.3, 0.4) is 0 Å². The van der Waals surface area contributed by atoms with Crippen molar-refractivity contribution in [3.8, 4) is 6.07 Å². The Labute approximate surface area is 159 Å². The van der Waals surface area contributed by atoms with Crippen molar-refractivity contribution < 1.29 is 4.79 Å². The first kappa shape index (κ1) is 17.7. The average Bonchev–Trinajstić information content (AvgIpc) is 2.65. The van der Waals surface area contributed by atoms with Crippen LogP contribution in [0.25, 0.3) is 0 Å². The van der Waals surface area contributed by atoms with Crippen LogP contribution in [0, 0.1) is 11.3 Å². The predicted octanol–water partition coefficient (Wildman–Crippen LogP) is 4.65. The summed E-state index contributed by atoms with van der Waals surface area (Å²) in [6.07, 6.45) is 1.47. The molecule has 0 atom stereocenters. The summed E-state index contributed by atoms with van der Waals surface area (Å²) < 4.78 is 0. The monoisotopic (exact) mass is 383 g/mol. The Morgan fingerprint density at radius 1 is 1.04 bits per heavy atom. The summed E-state index contributed by atoms with van der Waals surface area (Å²) >= 11 is 11.9. The molecule has 0 spiro atoms. The molecule has 2 N–H and O–H groups in total. The highest BCUT2D eigenvalue weighted by Gasteiger charge is 2.10. The Morgan fingerprint density at radius 3 is 2.65 bits per heavy atom. The smallest absolute Gasteiger partial charge is 0.274 e. The standard InChI is InChI=1S/C18H11Cl2N5O/c19-14-5-4-13(9-15(14)20)24-18-22-7-6-16(25-18)17(26)23-12-3-1-2-11(8-12)10-21/h1-9H,(H,23,26)(H,22,24,25). The van der Waals surface area contributed by atoms with E-state index in [4.69, 9.17) is 28.5 Å². The zero-order valence-electron chi connectivity index (χ0n) is 13.2. The average molecular weight is 384 g/mol. The van der Waals surface area contributed by atoms with E-state index in [0.29, 0.717) is 27.0 Å². The lowest BCUT2D eigenvalue weighted by Crippen LogP contribution is -2.14. The van der Waals surface area contributed by atoms with E-state index in [0.717, 1.165) is 0 Å². The summed E-state index contributed by atoms with van der Waals surface area (Å²) in [6.45, 7) is 0. The van der Waals surface area contributed by atoms with E-state index in [1.807, 2.05) is 6.07 Å². The molecule has 0 aliphatic heterocycles. The van der Waals surface area contributed by atoms with Crippen molar-refractivity contribution in [1.29, 1.82) is 5.26 Å². The SMILES string of the molecule is N#Cc1cccc(NC(=O)c2ccnc(Nc3ccc(Cl)c(Cl)c3)n2)c1. The fraction of sp³-hybridized carbons (Fsp3) is 0. The maximum Gasteiger partial charge on any atom is 0.274 e. The second kappa shape index (κ2) is 7.83. The van der Waals surface area contributed by atoms with Crippen molar-refractivity contribution in [3.05, 3.63) is 76.0 Å². The number of nitrogens with zero attached hydrogens (tertiary/aromatic N) is 3. The first-order chi connectivity index (χ1) is 12.5. The summed E-state index contributed by atoms with van der Waals surface area (Å²) in [4.78, 5) is 20.6. The van der Waals surface area contributed by atoms with Gasteiger partial charge in [-0.3, -0.25) is 4.79 Å². The third-order valence-corrected chi connectivity index (χ3v) is 4.05. The summed E-state index contributed by atoms with van der Waals surface area (Å²) in [5, 5.41) is 15.4. The number of carbonyl (C=O) groups is 1. The van der Waals surface area contributed by atoms with E-state index in [2.05, 4.69) is 20.6 Å². The largest absolute Gasteiger partial charge is 0.324 e. The Balaban J connectivity index is 1.76. The van der Waals surface area contributed by atoms with Crippen LogP contribution in [0.2, 0.25) is 10.0 Å². The predicted molar refractivity (Wildman–Crippen MR) is 101 cm³/mol. The van der Waals surface area contributed by atoms with E-state index in [1.54, 1.807) is 42.5 Å². The number of nitriles is 1. The first-order valence-corrected chi connectivity index (χ1v) is 8.17. The van der Waals surface area contributed by atoms with Gasteiger partial charge in [0.25, 0.3) is 5.91 Å². The fourth-order valence-corrected chi connectivity index (χ4v) is 2.41. The van der Waals surface area contributed by atoms with Crippen LogP contribution in [0.5, 0.6) is 0 Å². The van der Waals surface area contributed by atoms with Crippen LogP contribution in [-0.4, -0.2) is 15.9 Å². The number of hydrogen-bond donors (Lipinski definition) is 2. The first-order valence-electron chi connectivity index (χ1n) is 7.42. The second-order valence-corrected chi connectivity index (χ2v) is 5.98.